The molecule has 1 saturated heterocycles. The Morgan fingerprint density at radius 3 is 2.58 bits per heavy atom. The number of amides is 1. The molecule has 1 aromatic heterocycles. The molecule has 1 aliphatic rings. The zero-order valence-corrected chi connectivity index (χ0v) is 15.3. The van der Waals surface area contributed by atoms with Crippen LogP contribution in [0.3, 0.4) is 0 Å². The molecular weight excluding hydrogens is 330 g/mol. The fourth-order valence-corrected chi connectivity index (χ4v) is 2.96. The highest BCUT2D eigenvalue weighted by Crippen LogP contribution is 2.20. The van der Waals surface area contributed by atoms with Crippen molar-refractivity contribution in [3.05, 3.63) is 41.7 Å². The first-order valence-corrected chi connectivity index (χ1v) is 8.92. The number of nitrogens with one attached hydrogen (secondary N) is 2. The molecule has 1 fully saturated rings. The topological polar surface area (TPSA) is 79.4 Å². The summed E-state index contributed by atoms with van der Waals surface area (Å²) >= 11 is 0. The van der Waals surface area contributed by atoms with E-state index >= 15 is 0 Å². The molecule has 0 spiro atoms. The lowest BCUT2D eigenvalue weighted by molar-refractivity contribution is 0.0955. The first-order chi connectivity index (χ1) is 12.7. The van der Waals surface area contributed by atoms with E-state index in [0.29, 0.717) is 18.7 Å². The summed E-state index contributed by atoms with van der Waals surface area (Å²) in [5.41, 5.74) is 0.611. The van der Waals surface area contributed by atoms with Crippen molar-refractivity contribution in [2.75, 3.05) is 43.5 Å². The highest BCUT2D eigenvalue weighted by atomic mass is 16.5. The summed E-state index contributed by atoms with van der Waals surface area (Å²) in [6.45, 7) is 5.10. The van der Waals surface area contributed by atoms with E-state index in [2.05, 4.69) is 25.5 Å². The van der Waals surface area contributed by atoms with E-state index in [1.165, 1.54) is 12.8 Å². The minimum Gasteiger partial charge on any atom is -0.497 e. The first kappa shape index (κ1) is 18.0. The van der Waals surface area contributed by atoms with Gasteiger partial charge in [0.25, 0.3) is 5.91 Å². The number of hydrogen-bond acceptors (Lipinski definition) is 6. The average Bonchev–Trinajstić information content (AvgIpc) is 3.19. The van der Waals surface area contributed by atoms with Crippen molar-refractivity contribution in [3.63, 3.8) is 0 Å². The Hall–Kier alpha value is -2.83. The van der Waals surface area contributed by atoms with E-state index in [1.54, 1.807) is 31.4 Å². The first-order valence-electron chi connectivity index (χ1n) is 8.92. The van der Waals surface area contributed by atoms with E-state index in [1.807, 2.05) is 13.0 Å². The van der Waals surface area contributed by atoms with Crippen LogP contribution in [0.25, 0.3) is 0 Å². The third kappa shape index (κ3) is 4.62. The summed E-state index contributed by atoms with van der Waals surface area (Å²) in [7, 11) is 1.60. The molecule has 1 amide bonds. The largest absolute Gasteiger partial charge is 0.497 e. The number of anilines is 2. The molecule has 7 nitrogen and oxygen atoms in total. The van der Waals surface area contributed by atoms with Gasteiger partial charge in [-0.25, -0.2) is 9.97 Å². The molecule has 2 heterocycles. The average molecular weight is 355 g/mol. The number of hydrogen-bond donors (Lipinski definition) is 2. The van der Waals surface area contributed by atoms with Gasteiger partial charge in [0, 0.05) is 37.8 Å². The Labute approximate surface area is 153 Å². The van der Waals surface area contributed by atoms with Crippen molar-refractivity contribution >= 4 is 17.5 Å². The number of nitrogens with zero attached hydrogens (tertiary/aromatic N) is 3. The van der Waals surface area contributed by atoms with Crippen LogP contribution in [0.15, 0.2) is 30.3 Å². The lowest BCUT2D eigenvalue weighted by Gasteiger charge is -2.17. The van der Waals surface area contributed by atoms with Crippen LogP contribution >= 0.6 is 0 Å². The number of benzene rings is 1. The van der Waals surface area contributed by atoms with Crippen LogP contribution in [0.4, 0.5) is 11.6 Å². The number of aromatic nitrogens is 2. The maximum absolute atomic E-state index is 12.1. The third-order valence-corrected chi connectivity index (χ3v) is 4.32. The molecule has 0 radical (unpaired) electrons. The van der Waals surface area contributed by atoms with E-state index in [4.69, 9.17) is 4.74 Å². The normalized spacial score (nSPS) is 13.5. The molecular formula is C19H25N5O2. The summed E-state index contributed by atoms with van der Waals surface area (Å²) in [5.74, 6) is 3.14. The number of carbonyl (C=O) groups excluding carboxylic acids is 1. The van der Waals surface area contributed by atoms with Gasteiger partial charge in [-0.1, -0.05) is 0 Å². The van der Waals surface area contributed by atoms with Gasteiger partial charge in [-0.05, 0) is 44.0 Å². The Bertz CT molecular complexity index is 742. The summed E-state index contributed by atoms with van der Waals surface area (Å²) in [5, 5.41) is 6.16. The highest BCUT2D eigenvalue weighted by molar-refractivity contribution is 5.94. The maximum Gasteiger partial charge on any atom is 0.251 e. The zero-order valence-electron chi connectivity index (χ0n) is 15.3. The van der Waals surface area contributed by atoms with Gasteiger partial charge < -0.3 is 20.3 Å². The van der Waals surface area contributed by atoms with Crippen molar-refractivity contribution in [1.82, 2.24) is 15.3 Å². The molecule has 0 atom stereocenters. The minimum absolute atomic E-state index is 0.105. The van der Waals surface area contributed by atoms with Gasteiger partial charge in [0.1, 0.15) is 23.2 Å². The predicted octanol–water partition coefficient (Wildman–Crippen LogP) is 2.24. The Balaban J connectivity index is 1.49. The second-order valence-corrected chi connectivity index (χ2v) is 6.26. The van der Waals surface area contributed by atoms with Gasteiger partial charge in [0.2, 0.25) is 0 Å². The van der Waals surface area contributed by atoms with Gasteiger partial charge in [-0.2, -0.15) is 0 Å². The molecule has 1 aliphatic heterocycles. The lowest BCUT2D eigenvalue weighted by atomic mass is 10.2. The SMILES string of the molecule is COc1ccc(C(=O)NCCNc2cc(N3CCCC3)nc(C)n2)cc1. The van der Waals surface area contributed by atoms with E-state index in [9.17, 15) is 4.79 Å². The van der Waals surface area contributed by atoms with Crippen LogP contribution in [0.1, 0.15) is 29.0 Å². The van der Waals surface area contributed by atoms with E-state index in [-0.39, 0.29) is 5.91 Å². The van der Waals surface area contributed by atoms with Gasteiger partial charge >= 0.3 is 0 Å². The number of carbonyl (C=O) groups is 1. The molecule has 138 valence electrons. The summed E-state index contributed by atoms with van der Waals surface area (Å²) in [4.78, 5) is 23.4. The molecule has 7 heteroatoms. The Morgan fingerprint density at radius 2 is 1.88 bits per heavy atom. The quantitative estimate of drug-likeness (QED) is 0.742. The number of aryl methyl sites for hydroxylation is 1. The van der Waals surface area contributed by atoms with Gasteiger partial charge in [0.05, 0.1) is 7.11 Å². The second-order valence-electron chi connectivity index (χ2n) is 6.26. The van der Waals surface area contributed by atoms with Crippen LogP contribution in [-0.2, 0) is 0 Å². The fourth-order valence-electron chi connectivity index (χ4n) is 2.96. The Morgan fingerprint density at radius 1 is 1.15 bits per heavy atom. The minimum atomic E-state index is -0.105. The molecule has 0 aliphatic carbocycles. The van der Waals surface area contributed by atoms with Crippen molar-refractivity contribution in [3.8, 4) is 5.75 Å². The van der Waals surface area contributed by atoms with Gasteiger partial charge in [-0.3, -0.25) is 4.79 Å². The lowest BCUT2D eigenvalue weighted by Crippen LogP contribution is -2.29. The van der Waals surface area contributed by atoms with Crippen LogP contribution in [-0.4, -0.2) is 49.2 Å². The van der Waals surface area contributed by atoms with Crippen molar-refractivity contribution in [1.29, 1.82) is 0 Å². The summed E-state index contributed by atoms with van der Waals surface area (Å²) in [6.07, 6.45) is 2.42. The van der Waals surface area contributed by atoms with E-state index < -0.39 is 0 Å². The monoisotopic (exact) mass is 355 g/mol. The number of methoxy groups -OCH3 is 1. The van der Waals surface area contributed by atoms with Crippen LogP contribution in [0.2, 0.25) is 0 Å². The number of ether oxygens (including phenoxy) is 1. The van der Waals surface area contributed by atoms with Gasteiger partial charge in [0.15, 0.2) is 0 Å². The fraction of sp³-hybridized carbons (Fsp3) is 0.421. The smallest absolute Gasteiger partial charge is 0.251 e. The zero-order chi connectivity index (χ0) is 18.4. The van der Waals surface area contributed by atoms with Crippen LogP contribution in [0.5, 0.6) is 5.75 Å². The standard InChI is InChI=1S/C19H25N5O2/c1-14-22-17(13-18(23-14)24-11-3-4-12-24)20-9-10-21-19(25)15-5-7-16(26-2)8-6-15/h5-8,13H,3-4,9-12H2,1-2H3,(H,21,25)(H,20,22,23). The maximum atomic E-state index is 12.1. The molecule has 3 rings (SSSR count). The molecule has 0 bridgehead atoms. The summed E-state index contributed by atoms with van der Waals surface area (Å²) in [6, 6.07) is 9.02. The molecule has 0 unspecified atom stereocenters. The van der Waals surface area contributed by atoms with Crippen LogP contribution < -0.4 is 20.3 Å². The van der Waals surface area contributed by atoms with Gasteiger partial charge in [-0.15, -0.1) is 0 Å². The third-order valence-electron chi connectivity index (χ3n) is 4.32. The van der Waals surface area contributed by atoms with Crippen molar-refractivity contribution in [2.24, 2.45) is 0 Å². The molecule has 2 N–H and O–H groups in total. The molecule has 0 saturated carbocycles. The predicted molar refractivity (Wildman–Crippen MR) is 102 cm³/mol. The summed E-state index contributed by atoms with van der Waals surface area (Å²) < 4.78 is 5.10. The van der Waals surface area contributed by atoms with Crippen molar-refractivity contribution < 1.29 is 9.53 Å². The second kappa shape index (κ2) is 8.51. The molecule has 1 aromatic carbocycles. The molecule has 26 heavy (non-hydrogen) atoms. The van der Waals surface area contributed by atoms with Crippen LogP contribution in [0, 0.1) is 6.92 Å². The Kier molecular flexibility index (Phi) is 5.88. The molecule has 2 aromatic rings. The van der Waals surface area contributed by atoms with E-state index in [0.717, 1.165) is 36.3 Å². The highest BCUT2D eigenvalue weighted by Gasteiger charge is 2.15. The van der Waals surface area contributed by atoms with Crippen molar-refractivity contribution in [2.45, 2.75) is 19.8 Å². The number of rotatable bonds is 7.